The van der Waals surface area contributed by atoms with E-state index in [0.29, 0.717) is 18.7 Å². The van der Waals surface area contributed by atoms with Gasteiger partial charge in [-0.25, -0.2) is 9.59 Å². The average Bonchev–Trinajstić information content (AvgIpc) is 0.723. The zero-order valence-electron chi connectivity index (χ0n) is 82.6. The van der Waals surface area contributed by atoms with Crippen LogP contribution in [0.2, 0.25) is 4.24 Å². The van der Waals surface area contributed by atoms with E-state index in [-0.39, 0.29) is 35.0 Å². The van der Waals surface area contributed by atoms with Gasteiger partial charge < -0.3 is 47.4 Å². The predicted octanol–water partition coefficient (Wildman–Crippen LogP) is 9.03. The lowest BCUT2D eigenvalue weighted by Crippen LogP contribution is -2.40. The smallest absolute Gasteiger partial charge is 0.326 e. The minimum atomic E-state index is -3.58. The Kier molecular flexibility index (Phi) is 23.2. The summed E-state index contributed by atoms with van der Waals surface area (Å²) in [6.07, 6.45) is -14.4. The summed E-state index contributed by atoms with van der Waals surface area (Å²) in [5.41, 5.74) is 0. The molecule has 0 spiro atoms. The third-order valence-electron chi connectivity index (χ3n) is 6.05. The van der Waals surface area contributed by atoms with E-state index in [1.165, 1.54) is 55.4 Å². The van der Waals surface area contributed by atoms with E-state index < -0.39 is 178 Å². The van der Waals surface area contributed by atoms with Gasteiger partial charge in [0.05, 0.1) is 8.22 Å². The Morgan fingerprint density at radius 1 is 0.378 bits per heavy atom. The summed E-state index contributed by atoms with van der Waals surface area (Å²) in [6.45, 7) is 17.6. The summed E-state index contributed by atoms with van der Waals surface area (Å²) < 4.78 is 261. The van der Waals surface area contributed by atoms with Gasteiger partial charge in [-0.1, -0.05) is 96.6 Å². The molecule has 0 aliphatic heterocycles. The summed E-state index contributed by atoms with van der Waals surface area (Å²) in [7, 11) is 0. The van der Waals surface area contributed by atoms with Gasteiger partial charge in [0.1, 0.15) is 12.0 Å². The Morgan fingerprint density at radius 3 is 1.01 bits per heavy atom. The molecule has 5 unspecified atom stereocenters. The highest BCUT2D eigenvalue weighted by molar-refractivity contribution is 5.82. The van der Waals surface area contributed by atoms with Crippen molar-refractivity contribution in [3.05, 3.63) is 0 Å². The molecule has 0 heterocycles. The summed E-state index contributed by atoms with van der Waals surface area (Å²) in [4.78, 5) is 98.2. The van der Waals surface area contributed by atoms with Gasteiger partial charge in [-0.15, -0.1) is 0 Å². The number of hydrogen-bond acceptors (Lipinski definition) is 9. The fourth-order valence-corrected chi connectivity index (χ4v) is 4.62. The molecule has 0 bridgehead atoms. The van der Waals surface area contributed by atoms with Crippen molar-refractivity contribution in [3.63, 3.8) is 0 Å². The van der Waals surface area contributed by atoms with Gasteiger partial charge in [0.2, 0.25) is 41.4 Å². The zero-order chi connectivity index (χ0) is 90.9. The molecule has 18 nitrogen and oxygen atoms in total. The topological polar surface area (TPSA) is 278 Å². The second-order valence-electron chi connectivity index (χ2n) is 16.6. The first-order valence-electron chi connectivity index (χ1n) is 40.2. The number of carboxylic acid groups (broad SMARTS) is 2. The maximum atomic E-state index is 11.2. The maximum Gasteiger partial charge on any atom is 0.326 e. The molecule has 0 aromatic carbocycles. The van der Waals surface area contributed by atoms with Crippen molar-refractivity contribution in [1.29, 1.82) is 0 Å². The first kappa shape index (κ1) is 34.1. The molecule has 440 valence electrons. The van der Waals surface area contributed by atoms with E-state index in [0.717, 1.165) is 48.5 Å². The van der Waals surface area contributed by atoms with Crippen LogP contribution in [0.1, 0.15) is 268 Å². The molecule has 0 fully saturated rings. The first-order valence-corrected chi connectivity index (χ1v) is 22.9. The van der Waals surface area contributed by atoms with Gasteiger partial charge in [0.25, 0.3) is 0 Å². The Balaban J connectivity index is -0.000000224. The number of hydrogen-bond donors (Lipinski definition) is 9. The lowest BCUT2D eigenvalue weighted by molar-refractivity contribution is -0.142. The second kappa shape index (κ2) is 50.4. The Bertz CT molecular complexity index is 2990. The van der Waals surface area contributed by atoms with Crippen LogP contribution < -0.4 is 37.2 Å². The number of rotatable bonds is 23. The van der Waals surface area contributed by atoms with E-state index >= 15 is 0 Å². The van der Waals surface area contributed by atoms with Crippen molar-refractivity contribution in [3.8, 4) is 0 Å². The third kappa shape index (κ3) is 84.1. The van der Waals surface area contributed by atoms with Crippen molar-refractivity contribution in [2.45, 2.75) is 267 Å². The van der Waals surface area contributed by atoms with Gasteiger partial charge >= 0.3 is 11.9 Å². The summed E-state index contributed by atoms with van der Waals surface area (Å²) in [5, 5.41) is 26.8. The van der Waals surface area contributed by atoms with Gasteiger partial charge in [-0.05, 0) is 121 Å². The number of amides is 7. The fourth-order valence-electron chi connectivity index (χ4n) is 4.62. The maximum absolute atomic E-state index is 11.2. The van der Waals surface area contributed by atoms with Crippen molar-refractivity contribution in [2.24, 2.45) is 41.4 Å². The largest absolute Gasteiger partial charge is 0.480 e. The molecule has 0 rings (SSSR count). The van der Waals surface area contributed by atoms with Crippen molar-refractivity contribution < 1.29 is 101 Å². The number of carbonyl (C=O) groups excluding carboxylic acids is 7. The molecule has 11 atom stereocenters. The van der Waals surface area contributed by atoms with E-state index in [1.807, 2.05) is 6.92 Å². The van der Waals surface area contributed by atoms with Crippen LogP contribution in [0, 0.1) is 41.4 Å². The summed E-state index contributed by atoms with van der Waals surface area (Å²) >= 11 is 0. The molecule has 0 aliphatic carbocycles. The Morgan fingerprint density at radius 2 is 0.716 bits per heavy atom. The molecule has 7 amide bonds. The quantitative estimate of drug-likeness (QED) is 0.0465. The van der Waals surface area contributed by atoms with Crippen LogP contribution in [0.3, 0.4) is 0 Å². The van der Waals surface area contributed by atoms with E-state index in [1.54, 1.807) is 39.9 Å². The standard InChI is InChI=1S/2C8H15NO3.5C8H17NO/c2*1-5(2)4-7(8(11)12)9-6(3)10;5*1-6(2)5-7(3)9-8(4)10/h2*5,7H,4H2,1-3H3,(H,9,10)(H,11,12);5*6-7H,5H2,1-4H3,(H,9,10)/t6*7-;/m110000./s1/i1D3,4D2,5D,7D;1D3,4D2,7D;1D3,5D2,7D;2*5D2,7D;1D3;5D2,6D,7D/hD3/t2*5?,7-;6?,7-;2m;6?,7-;. The number of aliphatic carboxylic acids is 2. The van der Waals surface area contributed by atoms with Crippen LogP contribution >= 0.6 is 0 Å². The lowest BCUT2D eigenvalue weighted by atomic mass is 10.0. The van der Waals surface area contributed by atoms with Crippen LogP contribution in [0.25, 0.3) is 0 Å². The molecule has 18 heteroatoms. The van der Waals surface area contributed by atoms with Gasteiger partial charge in [0.15, 0.2) is 4.24 Å². The SMILES string of the molecule is [2H]C(C)(C)C([2H])([2H])C([2H])(C)NC(C)=O.[2H]C([2H])(C(C)C)[C@]([2H])(C)NC(C)=O.[2H]C([2H])([2H])C(C)C([2H])([2H])[C@@]([2H])(NC(C)=O)C(=O)O.[2H]C([2H])([2H])C(C)C[C@H](C)NC(C)=O.[2H]N(C(C)=O)[C@@]([2H])(C(=O)O)C([2H])([2H])C([2H])(C)C([2H])([2H])[2H].[2H]N(C(C)=O)[C@@]([2H])(C)C([2H])([2H])C(C)C.[2H]N(C(C)=O)[C@@]([2H])(C)C([2H])([2H])C(C)C([2H])([2H])[2H]. The Labute approximate surface area is 500 Å². The van der Waals surface area contributed by atoms with Gasteiger partial charge in [0, 0.05) is 114 Å². The Hall–Kier alpha value is -4.77. The van der Waals surface area contributed by atoms with Crippen molar-refractivity contribution in [1.82, 2.24) is 37.2 Å². The zero-order valence-corrected chi connectivity index (χ0v) is 47.6. The molecular formula is C56H115N7O11. The van der Waals surface area contributed by atoms with Crippen LogP contribution in [0.4, 0.5) is 0 Å². The molecule has 0 saturated heterocycles. The van der Waals surface area contributed by atoms with E-state index in [9.17, 15) is 43.2 Å². The minimum absolute atomic E-state index is 0.0760. The summed E-state index contributed by atoms with van der Waals surface area (Å²) in [6, 6.07) is -14.2. The summed E-state index contributed by atoms with van der Waals surface area (Å²) in [5.74, 6) is -17.7. The number of carboxylic acids is 2. The van der Waals surface area contributed by atoms with Crippen molar-refractivity contribution >= 4 is 53.3 Å². The monoisotopic (exact) mass is 1100 g/mol. The first-order chi connectivity index (χ1) is 46.9. The predicted molar refractivity (Wildman–Crippen MR) is 303 cm³/mol. The van der Waals surface area contributed by atoms with Gasteiger partial charge in [-0.3, -0.25) is 33.6 Å². The average molecular weight is 1100 g/mol. The molecule has 0 aliphatic rings. The highest BCUT2D eigenvalue weighted by Crippen LogP contribution is 2.08. The third-order valence-corrected chi connectivity index (χ3v) is 6.05. The number of nitrogens with one attached hydrogen (secondary N) is 7. The molecule has 0 saturated carbocycles. The van der Waals surface area contributed by atoms with Crippen molar-refractivity contribution in [2.75, 3.05) is 0 Å². The second-order valence-corrected chi connectivity index (χ2v) is 16.6. The molecule has 9 N–H and O–H groups in total. The van der Waals surface area contributed by atoms with Crippen LogP contribution in [-0.4, -0.2) is 106 Å². The van der Waals surface area contributed by atoms with Crippen LogP contribution in [0.15, 0.2) is 0 Å². The molecular weight excluding hydrogens is 947 g/mol. The van der Waals surface area contributed by atoms with E-state index in [2.05, 4.69) is 16.0 Å². The lowest BCUT2D eigenvalue weighted by Gasteiger charge is -2.14. The number of carbonyl (C=O) groups is 9. The minimum Gasteiger partial charge on any atom is -0.480 e. The highest BCUT2D eigenvalue weighted by atomic mass is 16.4. The molecule has 0 radical (unpaired) electrons. The van der Waals surface area contributed by atoms with Gasteiger partial charge in [-0.2, -0.15) is 0 Å². The van der Waals surface area contributed by atoms with Crippen LogP contribution in [-0.2, 0) is 43.2 Å². The highest BCUT2D eigenvalue weighted by Gasteiger charge is 2.20. The fraction of sp³-hybridized carbons (Fsp3) is 0.839. The molecule has 0 aromatic heterocycles. The van der Waals surface area contributed by atoms with E-state index in [4.69, 9.17) is 58.3 Å². The normalized spacial score (nSPS) is 26.5. The van der Waals surface area contributed by atoms with Crippen LogP contribution in [0.5, 0.6) is 0 Å². The molecule has 0 aromatic rings. The molecule has 74 heavy (non-hydrogen) atoms.